The Hall–Kier alpha value is -3.02. The summed E-state index contributed by atoms with van der Waals surface area (Å²) in [6.07, 6.45) is 1.24. The SMILES string of the molecule is Cn1nc(-c2ccccc2)c2c1CCN(C(=O)c1cccc(F)c1F)CC2. The maximum atomic E-state index is 14.0. The molecule has 27 heavy (non-hydrogen) atoms. The molecule has 0 N–H and O–H groups in total. The van der Waals surface area contributed by atoms with Crippen LogP contribution in [0.25, 0.3) is 11.3 Å². The number of amides is 1. The van der Waals surface area contributed by atoms with E-state index < -0.39 is 17.5 Å². The van der Waals surface area contributed by atoms with Crippen LogP contribution in [0.4, 0.5) is 8.78 Å². The zero-order valence-corrected chi connectivity index (χ0v) is 15.0. The summed E-state index contributed by atoms with van der Waals surface area (Å²) in [5, 5.41) is 4.66. The Morgan fingerprint density at radius 1 is 1.00 bits per heavy atom. The Balaban J connectivity index is 1.62. The molecule has 0 unspecified atom stereocenters. The van der Waals surface area contributed by atoms with Crippen LogP contribution in [0.15, 0.2) is 48.5 Å². The molecule has 0 atom stereocenters. The normalized spacial score (nSPS) is 14.0. The minimum Gasteiger partial charge on any atom is -0.338 e. The Morgan fingerprint density at radius 3 is 2.52 bits per heavy atom. The van der Waals surface area contributed by atoms with Crippen molar-refractivity contribution in [3.05, 3.63) is 77.0 Å². The van der Waals surface area contributed by atoms with Crippen molar-refractivity contribution in [2.75, 3.05) is 13.1 Å². The molecule has 6 heteroatoms. The highest BCUT2D eigenvalue weighted by molar-refractivity contribution is 5.94. The van der Waals surface area contributed by atoms with Crippen LogP contribution in [0.3, 0.4) is 0 Å². The van der Waals surface area contributed by atoms with E-state index in [4.69, 9.17) is 0 Å². The average Bonchev–Trinajstić information content (AvgIpc) is 2.86. The lowest BCUT2D eigenvalue weighted by atomic mass is 10.0. The number of carbonyl (C=O) groups excluding carboxylic acids is 1. The van der Waals surface area contributed by atoms with Gasteiger partial charge in [0.05, 0.1) is 11.3 Å². The van der Waals surface area contributed by atoms with E-state index >= 15 is 0 Å². The van der Waals surface area contributed by atoms with Crippen molar-refractivity contribution in [1.29, 1.82) is 0 Å². The van der Waals surface area contributed by atoms with E-state index in [0.29, 0.717) is 25.9 Å². The van der Waals surface area contributed by atoms with Gasteiger partial charge in [0.1, 0.15) is 0 Å². The number of halogens is 2. The van der Waals surface area contributed by atoms with Crippen molar-refractivity contribution in [3.63, 3.8) is 0 Å². The standard InChI is InChI=1S/C21H19F2N3O/c1-25-18-11-13-26(21(27)16-8-5-9-17(22)19(16)23)12-10-15(18)20(24-25)14-6-3-2-4-7-14/h2-9H,10-13H2,1H3. The second-order valence-electron chi connectivity index (χ2n) is 6.66. The second kappa shape index (κ2) is 6.95. The van der Waals surface area contributed by atoms with Crippen LogP contribution < -0.4 is 0 Å². The van der Waals surface area contributed by atoms with Crippen molar-refractivity contribution in [3.8, 4) is 11.3 Å². The first-order valence-electron chi connectivity index (χ1n) is 8.89. The lowest BCUT2D eigenvalue weighted by Crippen LogP contribution is -2.34. The van der Waals surface area contributed by atoms with E-state index in [9.17, 15) is 13.6 Å². The lowest BCUT2D eigenvalue weighted by molar-refractivity contribution is 0.0756. The maximum absolute atomic E-state index is 14.0. The van der Waals surface area contributed by atoms with Gasteiger partial charge in [-0.15, -0.1) is 0 Å². The molecule has 1 aromatic heterocycles. The Kier molecular flexibility index (Phi) is 4.48. The van der Waals surface area contributed by atoms with Crippen molar-refractivity contribution in [1.82, 2.24) is 14.7 Å². The highest BCUT2D eigenvalue weighted by Gasteiger charge is 2.26. The molecule has 1 aliphatic rings. The molecule has 0 radical (unpaired) electrons. The number of aromatic nitrogens is 2. The van der Waals surface area contributed by atoms with E-state index in [1.807, 2.05) is 42.1 Å². The van der Waals surface area contributed by atoms with Gasteiger partial charge in [-0.3, -0.25) is 9.48 Å². The van der Waals surface area contributed by atoms with Gasteiger partial charge < -0.3 is 4.90 Å². The van der Waals surface area contributed by atoms with Gasteiger partial charge in [-0.05, 0) is 18.6 Å². The minimum absolute atomic E-state index is 0.220. The number of benzene rings is 2. The fourth-order valence-electron chi connectivity index (χ4n) is 3.65. The van der Waals surface area contributed by atoms with E-state index in [0.717, 1.165) is 28.6 Å². The van der Waals surface area contributed by atoms with E-state index in [1.54, 1.807) is 4.90 Å². The summed E-state index contributed by atoms with van der Waals surface area (Å²) in [6.45, 7) is 0.878. The lowest BCUT2D eigenvalue weighted by Gasteiger charge is -2.21. The molecule has 0 spiro atoms. The summed E-state index contributed by atoms with van der Waals surface area (Å²) in [6, 6.07) is 13.6. The van der Waals surface area contributed by atoms with E-state index in [1.165, 1.54) is 12.1 Å². The van der Waals surface area contributed by atoms with Crippen molar-refractivity contribution < 1.29 is 13.6 Å². The molecule has 138 valence electrons. The highest BCUT2D eigenvalue weighted by Crippen LogP contribution is 2.28. The third-order valence-corrected chi connectivity index (χ3v) is 5.04. The second-order valence-corrected chi connectivity index (χ2v) is 6.66. The van der Waals surface area contributed by atoms with Crippen LogP contribution in [-0.2, 0) is 19.9 Å². The summed E-state index contributed by atoms with van der Waals surface area (Å²) < 4.78 is 29.4. The quantitative estimate of drug-likeness (QED) is 0.694. The van der Waals surface area contributed by atoms with Crippen molar-refractivity contribution in [2.45, 2.75) is 12.8 Å². The van der Waals surface area contributed by atoms with Gasteiger partial charge in [-0.2, -0.15) is 5.10 Å². The number of hydrogen-bond donors (Lipinski definition) is 0. The predicted molar refractivity (Wildman–Crippen MR) is 98.3 cm³/mol. The molecule has 0 saturated heterocycles. The molecule has 1 aliphatic heterocycles. The average molecular weight is 367 g/mol. The number of nitrogens with zero attached hydrogens (tertiary/aromatic N) is 3. The number of aryl methyl sites for hydroxylation is 1. The molecule has 1 amide bonds. The summed E-state index contributed by atoms with van der Waals surface area (Å²) in [5.41, 5.74) is 3.91. The molecule has 3 aromatic rings. The number of rotatable bonds is 2. The molecule has 0 saturated carbocycles. The van der Waals surface area contributed by atoms with Gasteiger partial charge in [0.25, 0.3) is 5.91 Å². The first-order chi connectivity index (χ1) is 13.1. The summed E-state index contributed by atoms with van der Waals surface area (Å²) in [7, 11) is 1.90. The summed E-state index contributed by atoms with van der Waals surface area (Å²) in [4.78, 5) is 14.3. The van der Waals surface area contributed by atoms with Gasteiger partial charge in [0.2, 0.25) is 0 Å². The zero-order chi connectivity index (χ0) is 19.0. The third kappa shape index (κ3) is 3.12. The van der Waals surface area contributed by atoms with Gasteiger partial charge in [0, 0.05) is 43.4 Å². The maximum Gasteiger partial charge on any atom is 0.256 e. The molecular formula is C21H19F2N3O. The third-order valence-electron chi connectivity index (χ3n) is 5.04. The van der Waals surface area contributed by atoms with Crippen LogP contribution >= 0.6 is 0 Å². The molecule has 4 nitrogen and oxygen atoms in total. The van der Waals surface area contributed by atoms with E-state index in [-0.39, 0.29) is 5.56 Å². The fourth-order valence-corrected chi connectivity index (χ4v) is 3.65. The largest absolute Gasteiger partial charge is 0.338 e. The van der Waals surface area contributed by atoms with E-state index in [2.05, 4.69) is 5.10 Å². The van der Waals surface area contributed by atoms with Gasteiger partial charge in [-0.25, -0.2) is 8.78 Å². The van der Waals surface area contributed by atoms with Crippen LogP contribution in [0.1, 0.15) is 21.6 Å². The van der Waals surface area contributed by atoms with Crippen LogP contribution in [0.5, 0.6) is 0 Å². The van der Waals surface area contributed by atoms with Crippen molar-refractivity contribution >= 4 is 5.91 Å². The molecule has 2 heterocycles. The molecule has 0 fully saturated rings. The Morgan fingerprint density at radius 2 is 1.74 bits per heavy atom. The van der Waals surface area contributed by atoms with Gasteiger partial charge in [0.15, 0.2) is 11.6 Å². The summed E-state index contributed by atoms with van der Waals surface area (Å²) in [5.74, 6) is -2.57. The number of fused-ring (bicyclic) bond motifs is 1. The first-order valence-corrected chi connectivity index (χ1v) is 8.89. The van der Waals surface area contributed by atoms with Gasteiger partial charge >= 0.3 is 0 Å². The topological polar surface area (TPSA) is 38.1 Å². The number of hydrogen-bond acceptors (Lipinski definition) is 2. The Bertz CT molecular complexity index is 998. The first kappa shape index (κ1) is 17.4. The number of carbonyl (C=O) groups is 1. The van der Waals surface area contributed by atoms with Gasteiger partial charge in [-0.1, -0.05) is 36.4 Å². The van der Waals surface area contributed by atoms with Crippen LogP contribution in [-0.4, -0.2) is 33.7 Å². The predicted octanol–water partition coefficient (Wildman–Crippen LogP) is 3.61. The van der Waals surface area contributed by atoms with Crippen LogP contribution in [0, 0.1) is 11.6 Å². The Labute approximate surface area is 156 Å². The molecule has 4 rings (SSSR count). The monoisotopic (exact) mass is 367 g/mol. The molecular weight excluding hydrogens is 348 g/mol. The summed E-state index contributed by atoms with van der Waals surface area (Å²) >= 11 is 0. The molecule has 0 bridgehead atoms. The molecule has 2 aromatic carbocycles. The molecule has 0 aliphatic carbocycles. The van der Waals surface area contributed by atoms with Crippen molar-refractivity contribution in [2.24, 2.45) is 7.05 Å². The minimum atomic E-state index is -1.09. The smallest absolute Gasteiger partial charge is 0.256 e. The fraction of sp³-hybridized carbons (Fsp3) is 0.238. The van der Waals surface area contributed by atoms with Crippen LogP contribution in [0.2, 0.25) is 0 Å². The zero-order valence-electron chi connectivity index (χ0n) is 15.0. The highest BCUT2D eigenvalue weighted by atomic mass is 19.2.